The van der Waals surface area contributed by atoms with Crippen LogP contribution >= 0.6 is 0 Å². The number of hydrogen-bond donors (Lipinski definition) is 1. The minimum absolute atomic E-state index is 0.172. The van der Waals surface area contributed by atoms with E-state index in [1.165, 1.54) is 6.33 Å². The van der Waals surface area contributed by atoms with Crippen LogP contribution in [0.3, 0.4) is 0 Å². The van der Waals surface area contributed by atoms with Crippen molar-refractivity contribution >= 4 is 5.97 Å². The molecule has 100 valence electrons. The lowest BCUT2D eigenvalue weighted by Gasteiger charge is -2.27. The van der Waals surface area contributed by atoms with Crippen molar-refractivity contribution in [3.63, 3.8) is 0 Å². The molecule has 2 heterocycles. The van der Waals surface area contributed by atoms with Crippen molar-refractivity contribution in [2.24, 2.45) is 5.41 Å². The molecule has 6 nitrogen and oxygen atoms in total. The third kappa shape index (κ3) is 2.01. The Labute approximate surface area is 106 Å². The number of rotatable bonds is 4. The lowest BCUT2D eigenvalue weighted by atomic mass is 9.78. The average Bonchev–Trinajstić information content (AvgIpc) is 2.87. The van der Waals surface area contributed by atoms with Gasteiger partial charge < -0.3 is 9.84 Å². The molecule has 0 radical (unpaired) electrons. The number of carboxylic acid groups (broad SMARTS) is 1. The molecule has 1 aliphatic rings. The zero-order chi connectivity index (χ0) is 13.3. The summed E-state index contributed by atoms with van der Waals surface area (Å²) in [7, 11) is 0. The largest absolute Gasteiger partial charge is 0.481 e. The van der Waals surface area contributed by atoms with Crippen LogP contribution in [-0.4, -0.2) is 38.6 Å². The van der Waals surface area contributed by atoms with Gasteiger partial charge >= 0.3 is 5.97 Å². The highest BCUT2D eigenvalue weighted by Gasteiger charge is 2.49. The van der Waals surface area contributed by atoms with Crippen LogP contribution < -0.4 is 0 Å². The van der Waals surface area contributed by atoms with Gasteiger partial charge in [-0.25, -0.2) is 9.67 Å². The number of ether oxygens (including phenoxy) is 1. The Morgan fingerprint density at radius 2 is 2.44 bits per heavy atom. The van der Waals surface area contributed by atoms with Crippen LogP contribution in [0.25, 0.3) is 0 Å². The maximum Gasteiger partial charge on any atom is 0.312 e. The van der Waals surface area contributed by atoms with E-state index in [1.807, 2.05) is 20.8 Å². The predicted octanol–water partition coefficient (Wildman–Crippen LogP) is 1.28. The van der Waals surface area contributed by atoms with Gasteiger partial charge in [-0.2, -0.15) is 5.10 Å². The molecule has 6 heteroatoms. The summed E-state index contributed by atoms with van der Waals surface area (Å²) in [5, 5.41) is 13.7. The Bertz CT molecular complexity index is 444. The third-order valence-electron chi connectivity index (χ3n) is 3.73. The normalized spacial score (nSPS) is 27.9. The molecule has 0 saturated carbocycles. The fourth-order valence-corrected chi connectivity index (χ4v) is 2.48. The van der Waals surface area contributed by atoms with Gasteiger partial charge in [0, 0.05) is 19.1 Å². The van der Waals surface area contributed by atoms with Crippen molar-refractivity contribution in [2.75, 3.05) is 6.61 Å². The molecule has 0 spiro atoms. The van der Waals surface area contributed by atoms with Gasteiger partial charge in [-0.15, -0.1) is 0 Å². The van der Waals surface area contributed by atoms with Crippen LogP contribution in [0.1, 0.15) is 39.1 Å². The van der Waals surface area contributed by atoms with Gasteiger partial charge in [0.1, 0.15) is 17.6 Å². The third-order valence-corrected chi connectivity index (χ3v) is 3.73. The van der Waals surface area contributed by atoms with Gasteiger partial charge in [0.25, 0.3) is 0 Å². The Hall–Kier alpha value is -1.43. The lowest BCUT2D eigenvalue weighted by Crippen LogP contribution is -2.40. The van der Waals surface area contributed by atoms with Crippen LogP contribution in [0.15, 0.2) is 6.33 Å². The molecule has 1 fully saturated rings. The molecular weight excluding hydrogens is 234 g/mol. The highest BCUT2D eigenvalue weighted by Crippen LogP contribution is 2.38. The number of hydrogen-bond acceptors (Lipinski definition) is 4. The van der Waals surface area contributed by atoms with E-state index in [0.717, 1.165) is 0 Å². The number of aromatic nitrogens is 3. The van der Waals surface area contributed by atoms with E-state index in [1.54, 1.807) is 4.68 Å². The summed E-state index contributed by atoms with van der Waals surface area (Å²) in [6.07, 6.45) is 2.06. The number of carboxylic acids is 1. The molecule has 2 unspecified atom stereocenters. The summed E-state index contributed by atoms with van der Waals surface area (Å²) >= 11 is 0. The summed E-state index contributed by atoms with van der Waals surface area (Å²) in [5.74, 6) is -0.101. The summed E-state index contributed by atoms with van der Waals surface area (Å²) in [6.45, 7) is 6.31. The highest BCUT2D eigenvalue weighted by molar-refractivity contribution is 5.76. The van der Waals surface area contributed by atoms with Crippen LogP contribution in [0, 0.1) is 5.41 Å². The topological polar surface area (TPSA) is 77.2 Å². The second-order valence-corrected chi connectivity index (χ2v) is 5.12. The van der Waals surface area contributed by atoms with Crippen molar-refractivity contribution < 1.29 is 14.6 Å². The maximum atomic E-state index is 11.6. The minimum atomic E-state index is -0.875. The van der Waals surface area contributed by atoms with Crippen molar-refractivity contribution in [3.8, 4) is 0 Å². The molecule has 1 aliphatic heterocycles. The first kappa shape index (κ1) is 13.0. The predicted molar refractivity (Wildman–Crippen MR) is 64.2 cm³/mol. The summed E-state index contributed by atoms with van der Waals surface area (Å²) in [6, 6.07) is 0.172. The molecule has 1 N–H and O–H groups in total. The fraction of sp³-hybridized carbons (Fsp3) is 0.750. The zero-order valence-electron chi connectivity index (χ0n) is 11.0. The summed E-state index contributed by atoms with van der Waals surface area (Å²) in [5.41, 5.74) is -0.875. The van der Waals surface area contributed by atoms with Crippen LogP contribution in [0.5, 0.6) is 0 Å². The van der Waals surface area contributed by atoms with E-state index in [0.29, 0.717) is 25.3 Å². The Balaban J connectivity index is 2.30. The zero-order valence-corrected chi connectivity index (χ0v) is 11.0. The lowest BCUT2D eigenvalue weighted by molar-refractivity contribution is -0.152. The average molecular weight is 253 g/mol. The van der Waals surface area contributed by atoms with E-state index >= 15 is 0 Å². The SMILES string of the molecule is CC(C)n1ncnc1CC1(C(=O)O)CCOC1C. The fourth-order valence-electron chi connectivity index (χ4n) is 2.48. The number of aliphatic carboxylic acids is 1. The minimum Gasteiger partial charge on any atom is -0.481 e. The molecule has 0 amide bonds. The van der Waals surface area contributed by atoms with Crippen LogP contribution in [0.2, 0.25) is 0 Å². The first-order chi connectivity index (χ1) is 8.47. The van der Waals surface area contributed by atoms with Gasteiger partial charge in [-0.3, -0.25) is 4.79 Å². The second-order valence-electron chi connectivity index (χ2n) is 5.12. The molecule has 1 saturated heterocycles. The van der Waals surface area contributed by atoms with Gasteiger partial charge in [0.2, 0.25) is 0 Å². The van der Waals surface area contributed by atoms with Gasteiger partial charge in [-0.05, 0) is 27.2 Å². The van der Waals surface area contributed by atoms with Crippen molar-refractivity contribution in [2.45, 2.75) is 45.8 Å². The molecule has 0 bridgehead atoms. The summed E-state index contributed by atoms with van der Waals surface area (Å²) in [4.78, 5) is 15.8. The molecular formula is C12H19N3O3. The smallest absolute Gasteiger partial charge is 0.312 e. The van der Waals surface area contributed by atoms with Crippen LogP contribution in [0.4, 0.5) is 0 Å². The number of nitrogens with zero attached hydrogens (tertiary/aromatic N) is 3. The first-order valence-corrected chi connectivity index (χ1v) is 6.21. The maximum absolute atomic E-state index is 11.6. The molecule has 1 aromatic rings. The van der Waals surface area contributed by atoms with E-state index in [-0.39, 0.29) is 12.1 Å². The molecule has 0 aliphatic carbocycles. The van der Waals surface area contributed by atoms with Crippen molar-refractivity contribution in [3.05, 3.63) is 12.2 Å². The van der Waals surface area contributed by atoms with E-state index in [4.69, 9.17) is 4.74 Å². The molecule has 2 rings (SSSR count). The Morgan fingerprint density at radius 1 is 1.72 bits per heavy atom. The molecule has 0 aromatic carbocycles. The van der Waals surface area contributed by atoms with E-state index in [2.05, 4.69) is 10.1 Å². The van der Waals surface area contributed by atoms with Crippen molar-refractivity contribution in [1.29, 1.82) is 0 Å². The van der Waals surface area contributed by atoms with Gasteiger partial charge in [0.15, 0.2) is 0 Å². The number of carbonyl (C=O) groups is 1. The van der Waals surface area contributed by atoms with E-state index < -0.39 is 11.4 Å². The Morgan fingerprint density at radius 3 is 2.94 bits per heavy atom. The molecule has 1 aromatic heterocycles. The highest BCUT2D eigenvalue weighted by atomic mass is 16.5. The van der Waals surface area contributed by atoms with Crippen molar-refractivity contribution in [1.82, 2.24) is 14.8 Å². The molecule has 2 atom stereocenters. The monoisotopic (exact) mass is 253 g/mol. The quantitative estimate of drug-likeness (QED) is 0.874. The van der Waals surface area contributed by atoms with Gasteiger partial charge in [0.05, 0.1) is 6.10 Å². The van der Waals surface area contributed by atoms with E-state index in [9.17, 15) is 9.90 Å². The standard InChI is InChI=1S/C12H19N3O3/c1-8(2)15-10(13-7-14-15)6-12(11(16)17)4-5-18-9(12)3/h7-9H,4-6H2,1-3H3,(H,16,17). The first-order valence-electron chi connectivity index (χ1n) is 6.21. The second kappa shape index (κ2) is 4.68. The van der Waals surface area contributed by atoms with Crippen LogP contribution in [-0.2, 0) is 16.0 Å². The molecule has 18 heavy (non-hydrogen) atoms. The Kier molecular flexibility index (Phi) is 3.38. The summed E-state index contributed by atoms with van der Waals surface area (Å²) < 4.78 is 7.21. The van der Waals surface area contributed by atoms with Gasteiger partial charge in [-0.1, -0.05) is 0 Å².